The zero-order valence-electron chi connectivity index (χ0n) is 11.2. The molecular formula is C14H22N4. The van der Waals surface area contributed by atoms with Crippen LogP contribution in [-0.4, -0.2) is 22.6 Å². The second kappa shape index (κ2) is 5.98. The van der Waals surface area contributed by atoms with Gasteiger partial charge in [0.2, 0.25) is 0 Å². The number of rotatable bonds is 6. The molecular weight excluding hydrogens is 224 g/mol. The van der Waals surface area contributed by atoms with Gasteiger partial charge in [0.15, 0.2) is 0 Å². The summed E-state index contributed by atoms with van der Waals surface area (Å²) in [5, 5.41) is 3.44. The molecule has 4 nitrogen and oxygen atoms in total. The molecule has 0 bridgehead atoms. The van der Waals surface area contributed by atoms with E-state index in [1.165, 1.54) is 5.56 Å². The number of benzene rings is 1. The van der Waals surface area contributed by atoms with Crippen molar-refractivity contribution in [3.8, 4) is 0 Å². The third-order valence-electron chi connectivity index (χ3n) is 3.01. The molecule has 4 heteroatoms. The van der Waals surface area contributed by atoms with Crippen molar-refractivity contribution < 1.29 is 0 Å². The number of fused-ring (bicyclic) bond motifs is 1. The van der Waals surface area contributed by atoms with E-state index < -0.39 is 0 Å². The van der Waals surface area contributed by atoms with Gasteiger partial charge in [0.05, 0.1) is 11.0 Å². The second-order valence-electron chi connectivity index (χ2n) is 4.97. The summed E-state index contributed by atoms with van der Waals surface area (Å²) in [5.74, 6) is 0.965. The molecule has 0 aliphatic carbocycles. The van der Waals surface area contributed by atoms with E-state index in [0.29, 0.717) is 6.04 Å². The first-order chi connectivity index (χ1) is 8.65. The molecule has 0 spiro atoms. The smallest absolute Gasteiger partial charge is 0.104 e. The summed E-state index contributed by atoms with van der Waals surface area (Å²) in [7, 11) is 0. The highest BCUT2D eigenvalue weighted by Gasteiger charge is 2.00. The van der Waals surface area contributed by atoms with Crippen molar-refractivity contribution in [1.29, 1.82) is 0 Å². The maximum Gasteiger partial charge on any atom is 0.104 e. The lowest BCUT2D eigenvalue weighted by atomic mass is 10.2. The van der Waals surface area contributed by atoms with Crippen LogP contribution in [0.5, 0.6) is 0 Å². The van der Waals surface area contributed by atoms with Crippen molar-refractivity contribution in [3.63, 3.8) is 0 Å². The summed E-state index contributed by atoms with van der Waals surface area (Å²) in [4.78, 5) is 7.65. The lowest BCUT2D eigenvalue weighted by molar-refractivity contribution is 0.574. The average molecular weight is 246 g/mol. The highest BCUT2D eigenvalue weighted by atomic mass is 14.9. The molecule has 0 fully saturated rings. The monoisotopic (exact) mass is 246 g/mol. The van der Waals surface area contributed by atoms with Crippen molar-refractivity contribution in [2.45, 2.75) is 39.3 Å². The molecule has 0 radical (unpaired) electrons. The standard InChI is InChI=1S/C14H22N4/c1-10(15)4-3-7-16-9-12-5-6-13-14(8-12)18-11(2)17-13/h5-6,8,10,16H,3-4,7,9,15H2,1-2H3,(H,17,18). The second-order valence-corrected chi connectivity index (χ2v) is 4.97. The first kappa shape index (κ1) is 13.1. The molecule has 0 aliphatic heterocycles. The number of H-pyrrole nitrogens is 1. The Kier molecular flexibility index (Phi) is 4.33. The number of hydrogen-bond donors (Lipinski definition) is 3. The van der Waals surface area contributed by atoms with Crippen LogP contribution in [0.15, 0.2) is 18.2 Å². The number of nitrogens with zero attached hydrogens (tertiary/aromatic N) is 1. The zero-order chi connectivity index (χ0) is 13.0. The maximum atomic E-state index is 5.71. The third kappa shape index (κ3) is 3.55. The van der Waals surface area contributed by atoms with Gasteiger partial charge in [-0.15, -0.1) is 0 Å². The van der Waals surface area contributed by atoms with Gasteiger partial charge in [-0.25, -0.2) is 4.98 Å². The summed E-state index contributed by atoms with van der Waals surface area (Å²) in [5.41, 5.74) is 9.14. The number of nitrogens with two attached hydrogens (primary N) is 1. The largest absolute Gasteiger partial charge is 0.342 e. The van der Waals surface area contributed by atoms with Gasteiger partial charge in [-0.2, -0.15) is 0 Å². The van der Waals surface area contributed by atoms with Gasteiger partial charge in [0, 0.05) is 12.6 Å². The average Bonchev–Trinajstić information content (AvgIpc) is 2.67. The normalized spacial score (nSPS) is 13.1. The van der Waals surface area contributed by atoms with Gasteiger partial charge < -0.3 is 16.0 Å². The minimum absolute atomic E-state index is 0.302. The van der Waals surface area contributed by atoms with E-state index in [2.05, 4.69) is 40.4 Å². The van der Waals surface area contributed by atoms with Crippen molar-refractivity contribution >= 4 is 11.0 Å². The highest BCUT2D eigenvalue weighted by molar-refractivity contribution is 5.75. The van der Waals surface area contributed by atoms with Gasteiger partial charge in [0.25, 0.3) is 0 Å². The Labute approximate surface area is 108 Å². The van der Waals surface area contributed by atoms with Crippen LogP contribution in [0.4, 0.5) is 0 Å². The van der Waals surface area contributed by atoms with Crippen molar-refractivity contribution in [2.24, 2.45) is 5.73 Å². The molecule has 1 aromatic carbocycles. The molecule has 2 rings (SSSR count). The van der Waals surface area contributed by atoms with E-state index >= 15 is 0 Å². The summed E-state index contributed by atoms with van der Waals surface area (Å²) < 4.78 is 0. The molecule has 1 heterocycles. The Morgan fingerprint density at radius 3 is 3.06 bits per heavy atom. The van der Waals surface area contributed by atoms with E-state index in [-0.39, 0.29) is 0 Å². The lowest BCUT2D eigenvalue weighted by Gasteiger charge is -2.06. The van der Waals surface area contributed by atoms with Gasteiger partial charge in [-0.05, 0) is 50.9 Å². The summed E-state index contributed by atoms with van der Waals surface area (Å²) in [6, 6.07) is 6.66. The summed E-state index contributed by atoms with van der Waals surface area (Å²) in [6.45, 7) is 5.94. The predicted octanol–water partition coefficient (Wildman–Crippen LogP) is 2.09. The topological polar surface area (TPSA) is 66.7 Å². The van der Waals surface area contributed by atoms with E-state index in [4.69, 9.17) is 5.73 Å². The number of aryl methyl sites for hydroxylation is 1. The van der Waals surface area contributed by atoms with Crippen LogP contribution in [0, 0.1) is 6.92 Å². The van der Waals surface area contributed by atoms with Gasteiger partial charge in [0.1, 0.15) is 5.82 Å². The van der Waals surface area contributed by atoms with Crippen LogP contribution >= 0.6 is 0 Å². The number of hydrogen-bond acceptors (Lipinski definition) is 3. The van der Waals surface area contributed by atoms with Gasteiger partial charge in [-0.3, -0.25) is 0 Å². The van der Waals surface area contributed by atoms with E-state index in [1.54, 1.807) is 0 Å². The molecule has 1 unspecified atom stereocenters. The predicted molar refractivity (Wildman–Crippen MR) is 75.4 cm³/mol. The van der Waals surface area contributed by atoms with Crippen LogP contribution in [0.25, 0.3) is 11.0 Å². The molecule has 0 amide bonds. The van der Waals surface area contributed by atoms with Crippen LogP contribution in [0.3, 0.4) is 0 Å². The van der Waals surface area contributed by atoms with E-state index in [1.807, 2.05) is 6.92 Å². The Morgan fingerprint density at radius 1 is 1.44 bits per heavy atom. The minimum atomic E-state index is 0.302. The number of imidazole rings is 1. The fraction of sp³-hybridized carbons (Fsp3) is 0.500. The van der Waals surface area contributed by atoms with E-state index in [0.717, 1.165) is 42.8 Å². The highest BCUT2D eigenvalue weighted by Crippen LogP contribution is 2.13. The van der Waals surface area contributed by atoms with Crippen LogP contribution in [-0.2, 0) is 6.54 Å². The van der Waals surface area contributed by atoms with E-state index in [9.17, 15) is 0 Å². The SMILES string of the molecule is Cc1nc2ccc(CNCCCC(C)N)cc2[nH]1. The molecule has 1 atom stereocenters. The molecule has 4 N–H and O–H groups in total. The Balaban J connectivity index is 1.84. The van der Waals surface area contributed by atoms with Crippen molar-refractivity contribution in [1.82, 2.24) is 15.3 Å². The Bertz CT molecular complexity index is 501. The first-order valence-corrected chi connectivity index (χ1v) is 6.56. The molecule has 0 saturated carbocycles. The molecule has 18 heavy (non-hydrogen) atoms. The van der Waals surface area contributed by atoms with Crippen LogP contribution < -0.4 is 11.1 Å². The molecule has 2 aromatic rings. The quantitative estimate of drug-likeness (QED) is 0.684. The third-order valence-corrected chi connectivity index (χ3v) is 3.01. The molecule has 98 valence electrons. The zero-order valence-corrected chi connectivity index (χ0v) is 11.2. The molecule has 0 saturated heterocycles. The minimum Gasteiger partial charge on any atom is -0.342 e. The lowest BCUT2D eigenvalue weighted by Crippen LogP contribution is -2.19. The molecule has 1 aromatic heterocycles. The summed E-state index contributed by atoms with van der Waals surface area (Å²) >= 11 is 0. The van der Waals surface area contributed by atoms with Gasteiger partial charge >= 0.3 is 0 Å². The fourth-order valence-electron chi connectivity index (χ4n) is 2.08. The molecule has 0 aliphatic rings. The maximum absolute atomic E-state index is 5.71. The fourth-order valence-corrected chi connectivity index (χ4v) is 2.08. The van der Waals surface area contributed by atoms with Gasteiger partial charge in [-0.1, -0.05) is 6.07 Å². The number of aromatic nitrogens is 2. The summed E-state index contributed by atoms with van der Waals surface area (Å²) in [6.07, 6.45) is 2.20. The van der Waals surface area contributed by atoms with Crippen LogP contribution in [0.1, 0.15) is 31.2 Å². The number of aromatic amines is 1. The van der Waals surface area contributed by atoms with Crippen LogP contribution in [0.2, 0.25) is 0 Å². The van der Waals surface area contributed by atoms with Crippen molar-refractivity contribution in [3.05, 3.63) is 29.6 Å². The first-order valence-electron chi connectivity index (χ1n) is 6.56. The number of nitrogens with one attached hydrogen (secondary N) is 2. The van der Waals surface area contributed by atoms with Crippen molar-refractivity contribution in [2.75, 3.05) is 6.54 Å². The Morgan fingerprint density at radius 2 is 2.28 bits per heavy atom. The Hall–Kier alpha value is -1.39.